The predicted molar refractivity (Wildman–Crippen MR) is 91.6 cm³/mol. The fourth-order valence-electron chi connectivity index (χ4n) is 2.75. The van der Waals surface area contributed by atoms with E-state index in [1.54, 1.807) is 7.11 Å². The van der Waals surface area contributed by atoms with Crippen molar-refractivity contribution in [3.63, 3.8) is 0 Å². The highest BCUT2D eigenvalue weighted by Crippen LogP contribution is 2.17. The average Bonchev–Trinajstić information content (AvgIpc) is 2.98. The molecule has 0 amide bonds. The number of benzene rings is 2. The maximum atomic E-state index is 5.25. The van der Waals surface area contributed by atoms with Crippen molar-refractivity contribution in [1.82, 2.24) is 10.3 Å². The average molecular weight is 294 g/mol. The smallest absolute Gasteiger partial charge is 0.119 e. The molecule has 0 aliphatic rings. The van der Waals surface area contributed by atoms with Crippen molar-refractivity contribution in [3.8, 4) is 5.75 Å². The highest BCUT2D eigenvalue weighted by Gasteiger charge is 2.02. The van der Waals surface area contributed by atoms with Gasteiger partial charge in [0.15, 0.2) is 0 Å². The topological polar surface area (TPSA) is 37.0 Å². The van der Waals surface area contributed by atoms with Gasteiger partial charge in [-0.2, -0.15) is 0 Å². The highest BCUT2D eigenvalue weighted by molar-refractivity contribution is 5.83. The van der Waals surface area contributed by atoms with Gasteiger partial charge in [-0.05, 0) is 55.3 Å². The number of methoxy groups -OCH3 is 1. The van der Waals surface area contributed by atoms with Crippen LogP contribution in [0.5, 0.6) is 5.75 Å². The molecule has 2 N–H and O–H groups in total. The first kappa shape index (κ1) is 14.7. The molecule has 22 heavy (non-hydrogen) atoms. The van der Waals surface area contributed by atoms with Crippen LogP contribution >= 0.6 is 0 Å². The van der Waals surface area contributed by atoms with Crippen molar-refractivity contribution in [2.75, 3.05) is 20.2 Å². The number of rotatable bonds is 7. The summed E-state index contributed by atoms with van der Waals surface area (Å²) in [5.74, 6) is 0.927. The lowest BCUT2D eigenvalue weighted by molar-refractivity contribution is 0.414. The molecule has 0 atom stereocenters. The van der Waals surface area contributed by atoms with Crippen molar-refractivity contribution >= 4 is 10.9 Å². The zero-order valence-corrected chi connectivity index (χ0v) is 12.9. The lowest BCUT2D eigenvalue weighted by Gasteiger charge is -2.06. The second kappa shape index (κ2) is 7.14. The van der Waals surface area contributed by atoms with Crippen LogP contribution in [0.25, 0.3) is 10.9 Å². The molecule has 3 nitrogen and oxygen atoms in total. The lowest BCUT2D eigenvalue weighted by atomic mass is 10.1. The number of fused-ring (bicyclic) bond motifs is 1. The lowest BCUT2D eigenvalue weighted by Crippen LogP contribution is -2.20. The largest absolute Gasteiger partial charge is 0.497 e. The molecule has 114 valence electrons. The third kappa shape index (κ3) is 3.49. The van der Waals surface area contributed by atoms with Crippen LogP contribution < -0.4 is 10.1 Å². The van der Waals surface area contributed by atoms with E-state index in [0.717, 1.165) is 31.7 Å². The van der Waals surface area contributed by atoms with Gasteiger partial charge in [0.25, 0.3) is 0 Å². The van der Waals surface area contributed by atoms with Crippen LogP contribution in [0.4, 0.5) is 0 Å². The van der Waals surface area contributed by atoms with E-state index in [2.05, 4.69) is 52.9 Å². The van der Waals surface area contributed by atoms with E-state index >= 15 is 0 Å². The van der Waals surface area contributed by atoms with Crippen molar-refractivity contribution in [2.24, 2.45) is 0 Å². The maximum Gasteiger partial charge on any atom is 0.119 e. The molecule has 3 rings (SSSR count). The third-order valence-electron chi connectivity index (χ3n) is 3.97. The molecule has 3 heteroatoms. The Morgan fingerprint density at radius 3 is 2.77 bits per heavy atom. The van der Waals surface area contributed by atoms with Gasteiger partial charge < -0.3 is 15.0 Å². The fourth-order valence-corrected chi connectivity index (χ4v) is 2.75. The summed E-state index contributed by atoms with van der Waals surface area (Å²) in [6.45, 7) is 1.97. The van der Waals surface area contributed by atoms with Gasteiger partial charge in [-0.1, -0.05) is 30.3 Å². The quantitative estimate of drug-likeness (QED) is 0.654. The van der Waals surface area contributed by atoms with E-state index in [1.165, 1.54) is 22.0 Å². The molecule has 0 spiro atoms. The van der Waals surface area contributed by atoms with E-state index < -0.39 is 0 Å². The molecule has 0 saturated carbocycles. The van der Waals surface area contributed by atoms with Crippen LogP contribution in [0.1, 0.15) is 11.1 Å². The molecule has 1 aromatic heterocycles. The number of ether oxygens (including phenoxy) is 1. The highest BCUT2D eigenvalue weighted by atomic mass is 16.5. The maximum absolute atomic E-state index is 5.25. The zero-order valence-electron chi connectivity index (χ0n) is 12.9. The van der Waals surface area contributed by atoms with Gasteiger partial charge in [0.05, 0.1) is 7.11 Å². The molecule has 2 aromatic carbocycles. The van der Waals surface area contributed by atoms with Gasteiger partial charge in [-0.3, -0.25) is 0 Å². The Bertz CT molecular complexity index is 733. The van der Waals surface area contributed by atoms with Crippen molar-refractivity contribution < 1.29 is 4.74 Å². The Hall–Kier alpha value is -2.26. The summed E-state index contributed by atoms with van der Waals surface area (Å²) in [7, 11) is 1.71. The van der Waals surface area contributed by atoms with Crippen LogP contribution in [0.15, 0.2) is 54.7 Å². The van der Waals surface area contributed by atoms with Crippen LogP contribution in [-0.4, -0.2) is 25.2 Å². The Balaban J connectivity index is 1.45. The van der Waals surface area contributed by atoms with Crippen molar-refractivity contribution in [2.45, 2.75) is 12.8 Å². The number of hydrogen-bond acceptors (Lipinski definition) is 2. The number of nitrogens with one attached hydrogen (secondary N) is 2. The van der Waals surface area contributed by atoms with Gasteiger partial charge in [0, 0.05) is 17.1 Å². The summed E-state index contributed by atoms with van der Waals surface area (Å²) in [4.78, 5) is 3.33. The molecule has 0 aliphatic heterocycles. The molecule has 1 heterocycles. The number of hydrogen-bond donors (Lipinski definition) is 2. The Labute approximate surface area is 131 Å². The number of para-hydroxylation sites is 1. The molecule has 0 bridgehead atoms. The number of aromatic nitrogens is 1. The van der Waals surface area contributed by atoms with Gasteiger partial charge in [-0.25, -0.2) is 0 Å². The van der Waals surface area contributed by atoms with Gasteiger partial charge in [-0.15, -0.1) is 0 Å². The first-order valence-corrected chi connectivity index (χ1v) is 7.75. The van der Waals surface area contributed by atoms with Gasteiger partial charge in [0.1, 0.15) is 5.75 Å². The minimum absolute atomic E-state index is 0.927. The minimum atomic E-state index is 0.927. The summed E-state index contributed by atoms with van der Waals surface area (Å²) >= 11 is 0. The van der Waals surface area contributed by atoms with Crippen molar-refractivity contribution in [3.05, 3.63) is 65.9 Å². The van der Waals surface area contributed by atoms with E-state index in [-0.39, 0.29) is 0 Å². The Morgan fingerprint density at radius 1 is 1.00 bits per heavy atom. The summed E-state index contributed by atoms with van der Waals surface area (Å²) in [5, 5.41) is 4.85. The fraction of sp³-hybridized carbons (Fsp3) is 0.263. The molecule has 0 saturated heterocycles. The first-order chi connectivity index (χ1) is 10.9. The SMILES string of the molecule is COc1cccc(CCNCCc2c[nH]c3ccccc23)c1. The van der Waals surface area contributed by atoms with Crippen molar-refractivity contribution in [1.29, 1.82) is 0 Å². The molecular formula is C19H22N2O. The number of H-pyrrole nitrogens is 1. The third-order valence-corrected chi connectivity index (χ3v) is 3.97. The van der Waals surface area contributed by atoms with Gasteiger partial charge >= 0.3 is 0 Å². The monoisotopic (exact) mass is 294 g/mol. The van der Waals surface area contributed by atoms with E-state index in [1.807, 2.05) is 12.1 Å². The molecule has 3 aromatic rings. The minimum Gasteiger partial charge on any atom is -0.497 e. The van der Waals surface area contributed by atoms with Crippen LogP contribution in [0.3, 0.4) is 0 Å². The van der Waals surface area contributed by atoms with E-state index in [9.17, 15) is 0 Å². The van der Waals surface area contributed by atoms with Crippen LogP contribution in [0.2, 0.25) is 0 Å². The molecular weight excluding hydrogens is 272 g/mol. The normalized spacial score (nSPS) is 11.0. The second-order valence-electron chi connectivity index (χ2n) is 5.46. The standard InChI is InChI=1S/C19H22N2O/c1-22-17-6-4-5-15(13-17)9-11-20-12-10-16-14-21-19-8-3-2-7-18(16)19/h2-8,13-14,20-21H,9-12H2,1H3. The summed E-state index contributed by atoms with van der Waals surface area (Å²) in [6, 6.07) is 16.7. The second-order valence-corrected chi connectivity index (χ2v) is 5.46. The molecule has 0 fully saturated rings. The molecule has 0 aliphatic carbocycles. The Morgan fingerprint density at radius 2 is 1.86 bits per heavy atom. The summed E-state index contributed by atoms with van der Waals surface area (Å²) in [6.07, 6.45) is 4.18. The van der Waals surface area contributed by atoms with Crippen LogP contribution in [-0.2, 0) is 12.8 Å². The Kier molecular flexibility index (Phi) is 4.76. The molecule has 0 radical (unpaired) electrons. The van der Waals surface area contributed by atoms with Gasteiger partial charge in [0.2, 0.25) is 0 Å². The number of aromatic amines is 1. The first-order valence-electron chi connectivity index (χ1n) is 7.75. The van der Waals surface area contributed by atoms with Crippen LogP contribution in [0, 0.1) is 0 Å². The molecule has 0 unspecified atom stereocenters. The summed E-state index contributed by atoms with van der Waals surface area (Å²) in [5.41, 5.74) is 3.90. The predicted octanol–water partition coefficient (Wildman–Crippen LogP) is 3.55. The summed E-state index contributed by atoms with van der Waals surface area (Å²) < 4.78 is 5.25. The zero-order chi connectivity index (χ0) is 15.2. The van der Waals surface area contributed by atoms with E-state index in [4.69, 9.17) is 4.74 Å². The van der Waals surface area contributed by atoms with E-state index in [0.29, 0.717) is 0 Å².